The molecule has 14 heavy (non-hydrogen) atoms. The van der Waals surface area contributed by atoms with Gasteiger partial charge in [0.1, 0.15) is 6.61 Å². The van der Waals surface area contributed by atoms with E-state index in [1.54, 1.807) is 0 Å². The van der Waals surface area contributed by atoms with Gasteiger partial charge < -0.3 is 9.26 Å². The minimum Gasteiger partial charge on any atom is -0.349 e. The van der Waals surface area contributed by atoms with Gasteiger partial charge in [-0.2, -0.15) is 0 Å². The van der Waals surface area contributed by atoms with Crippen molar-refractivity contribution in [1.82, 2.24) is 0 Å². The lowest BCUT2D eigenvalue weighted by Crippen LogP contribution is -2.30. The van der Waals surface area contributed by atoms with Crippen LogP contribution in [0.3, 0.4) is 0 Å². The highest BCUT2D eigenvalue weighted by Gasteiger charge is 2.33. The van der Waals surface area contributed by atoms with Crippen molar-refractivity contribution in [2.45, 2.75) is 19.8 Å². The molecular formula is C8H17F2O3P. The van der Waals surface area contributed by atoms with Gasteiger partial charge in [0.05, 0.1) is 0 Å². The standard InChI is InChI=1S/C8H17F2O3P/c1-7(2)8(9,10)5-12-6-13-14(3,4)11/h7H,5-6H2,1-4H3. The molecule has 0 N–H and O–H groups in total. The molecule has 0 aliphatic carbocycles. The van der Waals surface area contributed by atoms with Crippen LogP contribution in [0.25, 0.3) is 0 Å². The Kier molecular flexibility index (Phi) is 5.20. The van der Waals surface area contributed by atoms with E-state index < -0.39 is 25.8 Å². The van der Waals surface area contributed by atoms with Crippen molar-refractivity contribution < 1.29 is 22.6 Å². The summed E-state index contributed by atoms with van der Waals surface area (Å²) < 4.78 is 46.1. The highest BCUT2D eigenvalue weighted by Crippen LogP contribution is 2.37. The minimum absolute atomic E-state index is 0.355. The molecule has 86 valence electrons. The van der Waals surface area contributed by atoms with Crippen LogP contribution in [0.4, 0.5) is 8.78 Å². The second kappa shape index (κ2) is 5.19. The lowest BCUT2D eigenvalue weighted by molar-refractivity contribution is -0.129. The Morgan fingerprint density at radius 2 is 1.86 bits per heavy atom. The highest BCUT2D eigenvalue weighted by molar-refractivity contribution is 7.57. The average Bonchev–Trinajstić information content (AvgIpc) is 1.96. The van der Waals surface area contributed by atoms with E-state index in [-0.39, 0.29) is 6.79 Å². The van der Waals surface area contributed by atoms with Gasteiger partial charge in [-0.25, -0.2) is 8.78 Å². The summed E-state index contributed by atoms with van der Waals surface area (Å²) in [6, 6.07) is 0. The van der Waals surface area contributed by atoms with E-state index >= 15 is 0 Å². The molecular weight excluding hydrogens is 213 g/mol. The van der Waals surface area contributed by atoms with Crippen LogP contribution in [-0.2, 0) is 13.8 Å². The molecule has 0 heterocycles. The maximum absolute atomic E-state index is 12.9. The van der Waals surface area contributed by atoms with Crippen LogP contribution in [0, 0.1) is 5.92 Å². The van der Waals surface area contributed by atoms with Gasteiger partial charge in [0.15, 0.2) is 14.2 Å². The molecule has 0 rings (SSSR count). The smallest absolute Gasteiger partial charge is 0.273 e. The Morgan fingerprint density at radius 3 is 2.21 bits per heavy atom. The zero-order valence-electron chi connectivity index (χ0n) is 8.92. The SMILES string of the molecule is CC(C)C(F)(F)COCOP(C)(C)=O. The van der Waals surface area contributed by atoms with E-state index in [0.717, 1.165) is 0 Å². The molecule has 0 saturated heterocycles. The highest BCUT2D eigenvalue weighted by atomic mass is 31.2. The summed E-state index contributed by atoms with van der Waals surface area (Å²) in [5, 5.41) is 0. The molecule has 0 fully saturated rings. The number of ether oxygens (including phenoxy) is 1. The molecule has 0 amide bonds. The third-order valence-corrected chi connectivity index (χ3v) is 2.31. The Bertz CT molecular complexity index is 213. The third-order valence-electron chi connectivity index (χ3n) is 1.59. The van der Waals surface area contributed by atoms with Crippen LogP contribution < -0.4 is 0 Å². The molecule has 0 aliphatic heterocycles. The predicted molar refractivity (Wildman–Crippen MR) is 51.1 cm³/mol. The summed E-state index contributed by atoms with van der Waals surface area (Å²) in [6.45, 7) is 4.56. The first-order chi connectivity index (χ1) is 6.15. The fourth-order valence-electron chi connectivity index (χ4n) is 0.509. The lowest BCUT2D eigenvalue weighted by atomic mass is 10.1. The van der Waals surface area contributed by atoms with Crippen molar-refractivity contribution in [3.05, 3.63) is 0 Å². The Morgan fingerprint density at radius 1 is 1.36 bits per heavy atom. The molecule has 0 bridgehead atoms. The third kappa shape index (κ3) is 6.46. The molecule has 0 radical (unpaired) electrons. The number of hydrogen-bond acceptors (Lipinski definition) is 3. The molecule has 0 aromatic carbocycles. The van der Waals surface area contributed by atoms with Crippen molar-refractivity contribution in [2.24, 2.45) is 5.92 Å². The molecule has 0 aromatic rings. The topological polar surface area (TPSA) is 35.5 Å². The van der Waals surface area contributed by atoms with Crippen molar-refractivity contribution in [2.75, 3.05) is 26.7 Å². The van der Waals surface area contributed by atoms with Gasteiger partial charge >= 0.3 is 0 Å². The zero-order valence-corrected chi connectivity index (χ0v) is 9.81. The van der Waals surface area contributed by atoms with Crippen molar-refractivity contribution in [3.8, 4) is 0 Å². The second-order valence-electron chi connectivity index (χ2n) is 3.76. The summed E-state index contributed by atoms with van der Waals surface area (Å²) in [7, 11) is -2.64. The van der Waals surface area contributed by atoms with Gasteiger partial charge in [-0.15, -0.1) is 0 Å². The zero-order chi connectivity index (χ0) is 11.4. The Balaban J connectivity index is 3.70. The molecule has 3 nitrogen and oxygen atoms in total. The van der Waals surface area contributed by atoms with Crippen LogP contribution >= 0.6 is 7.37 Å². The summed E-state index contributed by atoms with van der Waals surface area (Å²) in [6.07, 6.45) is 0. The van der Waals surface area contributed by atoms with Crippen molar-refractivity contribution in [3.63, 3.8) is 0 Å². The van der Waals surface area contributed by atoms with Gasteiger partial charge in [0, 0.05) is 19.2 Å². The second-order valence-corrected chi connectivity index (χ2v) is 6.53. The first-order valence-corrected chi connectivity index (χ1v) is 6.82. The van der Waals surface area contributed by atoms with Gasteiger partial charge in [0.2, 0.25) is 0 Å². The van der Waals surface area contributed by atoms with Gasteiger partial charge in [-0.05, 0) is 0 Å². The van der Waals surface area contributed by atoms with E-state index in [1.165, 1.54) is 27.2 Å². The summed E-state index contributed by atoms with van der Waals surface area (Å²) in [5.41, 5.74) is 0. The molecule has 0 unspecified atom stereocenters. The quantitative estimate of drug-likeness (QED) is 0.400. The summed E-state index contributed by atoms with van der Waals surface area (Å²) >= 11 is 0. The normalized spacial score (nSPS) is 13.6. The molecule has 0 atom stereocenters. The first kappa shape index (κ1) is 14.0. The Labute approximate surface area is 83.2 Å². The summed E-state index contributed by atoms with van der Waals surface area (Å²) in [5.74, 6) is -3.65. The van der Waals surface area contributed by atoms with Crippen molar-refractivity contribution in [1.29, 1.82) is 0 Å². The van der Waals surface area contributed by atoms with E-state index in [4.69, 9.17) is 4.52 Å². The number of alkyl halides is 2. The molecule has 0 aliphatic rings. The average molecular weight is 230 g/mol. The first-order valence-electron chi connectivity index (χ1n) is 4.30. The van der Waals surface area contributed by atoms with E-state index in [2.05, 4.69) is 4.74 Å². The van der Waals surface area contributed by atoms with Crippen molar-refractivity contribution >= 4 is 7.37 Å². The predicted octanol–water partition coefficient (Wildman–Crippen LogP) is 2.81. The summed E-state index contributed by atoms with van der Waals surface area (Å²) in [4.78, 5) is 0. The van der Waals surface area contributed by atoms with Crippen LogP contribution in [-0.4, -0.2) is 32.7 Å². The van der Waals surface area contributed by atoms with Crippen LogP contribution in [0.5, 0.6) is 0 Å². The monoisotopic (exact) mass is 230 g/mol. The number of halogens is 2. The van der Waals surface area contributed by atoms with Gasteiger partial charge in [0.25, 0.3) is 5.92 Å². The maximum atomic E-state index is 12.9. The van der Waals surface area contributed by atoms with Crippen LogP contribution in [0.1, 0.15) is 13.8 Å². The van der Waals surface area contributed by atoms with Gasteiger partial charge in [-0.3, -0.25) is 4.57 Å². The molecule has 0 saturated carbocycles. The van der Waals surface area contributed by atoms with Gasteiger partial charge in [-0.1, -0.05) is 13.8 Å². The lowest BCUT2D eigenvalue weighted by Gasteiger charge is -2.20. The maximum Gasteiger partial charge on any atom is 0.273 e. The molecule has 6 heteroatoms. The molecule has 0 spiro atoms. The minimum atomic E-state index is -2.87. The van der Waals surface area contributed by atoms with E-state index in [9.17, 15) is 13.3 Å². The van der Waals surface area contributed by atoms with E-state index in [0.29, 0.717) is 0 Å². The largest absolute Gasteiger partial charge is 0.349 e. The number of hydrogen-bond donors (Lipinski definition) is 0. The van der Waals surface area contributed by atoms with E-state index in [1.807, 2.05) is 0 Å². The van der Waals surface area contributed by atoms with Crippen LogP contribution in [0.15, 0.2) is 0 Å². The molecule has 0 aromatic heterocycles. The van der Waals surface area contributed by atoms with Crippen LogP contribution in [0.2, 0.25) is 0 Å². The Hall–Kier alpha value is 0.01000. The number of rotatable bonds is 6. The fourth-order valence-corrected chi connectivity index (χ4v) is 0.837. The fraction of sp³-hybridized carbons (Fsp3) is 1.00.